The maximum Gasteiger partial charge on any atom is 0.270 e. The molecule has 8 heteroatoms. The number of anilines is 1. The zero-order valence-corrected chi connectivity index (χ0v) is 17.9. The van der Waals surface area contributed by atoms with Crippen molar-refractivity contribution in [2.75, 3.05) is 18.1 Å². The minimum Gasteiger partial charge on any atom is -0.490 e. The van der Waals surface area contributed by atoms with Gasteiger partial charge in [0, 0.05) is 0 Å². The van der Waals surface area contributed by atoms with Gasteiger partial charge in [-0.05, 0) is 42.8 Å². The van der Waals surface area contributed by atoms with Crippen molar-refractivity contribution in [1.29, 1.82) is 0 Å². The molecule has 4 nitrogen and oxygen atoms in total. The summed E-state index contributed by atoms with van der Waals surface area (Å²) in [5, 5.41) is 0.341. The van der Waals surface area contributed by atoms with E-state index >= 15 is 0 Å². The molecule has 0 bridgehead atoms. The van der Waals surface area contributed by atoms with Crippen molar-refractivity contribution in [2.45, 2.75) is 6.92 Å². The smallest absolute Gasteiger partial charge is 0.270 e. The van der Waals surface area contributed by atoms with Gasteiger partial charge in [-0.15, -0.1) is 0 Å². The first kappa shape index (κ1) is 21.4. The number of para-hydroxylation sites is 1. The van der Waals surface area contributed by atoms with Gasteiger partial charge in [-0.1, -0.05) is 60.4 Å². The number of carbonyl (C=O) groups excluding carboxylic acids is 1. The van der Waals surface area contributed by atoms with Crippen LogP contribution in [0.15, 0.2) is 54.0 Å². The number of thioether (sulfide) groups is 1. The van der Waals surface area contributed by atoms with Gasteiger partial charge in [0.15, 0.2) is 15.8 Å². The van der Waals surface area contributed by atoms with E-state index < -0.39 is 11.7 Å². The molecule has 2 aromatic carbocycles. The van der Waals surface area contributed by atoms with Crippen LogP contribution in [0.5, 0.6) is 11.5 Å². The monoisotopic (exact) mass is 449 g/mol. The predicted molar refractivity (Wildman–Crippen MR) is 120 cm³/mol. The van der Waals surface area contributed by atoms with Gasteiger partial charge in [0.05, 0.1) is 22.2 Å². The zero-order valence-electron chi connectivity index (χ0n) is 15.5. The number of benzene rings is 2. The number of halogens is 2. The maximum atomic E-state index is 14.1. The molecule has 1 aliphatic heterocycles. The van der Waals surface area contributed by atoms with Gasteiger partial charge in [0.1, 0.15) is 12.4 Å². The number of amides is 1. The summed E-state index contributed by atoms with van der Waals surface area (Å²) in [4.78, 5) is 14.4. The molecule has 29 heavy (non-hydrogen) atoms. The van der Waals surface area contributed by atoms with Crippen LogP contribution in [-0.4, -0.2) is 23.4 Å². The van der Waals surface area contributed by atoms with Crippen LogP contribution in [-0.2, 0) is 4.79 Å². The standard InChI is InChI=1S/C21H17ClFNO3S2/c1-3-9-27-19-14(22)10-13(11-17(19)26-4-2)12-18-20(25)24(21(28)29-18)16-8-6-5-7-15(16)23/h3,5-8,10-12H,1,4,9H2,2H3/b18-12-. The third-order valence-electron chi connectivity index (χ3n) is 3.86. The van der Waals surface area contributed by atoms with E-state index in [9.17, 15) is 9.18 Å². The maximum absolute atomic E-state index is 14.1. The number of rotatable bonds is 7. The number of carbonyl (C=O) groups is 1. The molecule has 0 atom stereocenters. The molecule has 0 radical (unpaired) electrons. The highest BCUT2D eigenvalue weighted by Gasteiger charge is 2.34. The molecule has 1 heterocycles. The molecule has 2 aromatic rings. The lowest BCUT2D eigenvalue weighted by atomic mass is 10.1. The van der Waals surface area contributed by atoms with Crippen LogP contribution < -0.4 is 14.4 Å². The second-order valence-electron chi connectivity index (χ2n) is 5.83. The highest BCUT2D eigenvalue weighted by Crippen LogP contribution is 2.40. The van der Waals surface area contributed by atoms with E-state index in [1.54, 1.807) is 36.4 Å². The van der Waals surface area contributed by atoms with E-state index in [1.807, 2.05) is 6.92 Å². The van der Waals surface area contributed by atoms with Gasteiger partial charge in [-0.25, -0.2) is 4.39 Å². The average molecular weight is 450 g/mol. The molecular formula is C21H17ClFNO3S2. The Balaban J connectivity index is 1.96. The third-order valence-corrected chi connectivity index (χ3v) is 5.44. The topological polar surface area (TPSA) is 38.8 Å². The lowest BCUT2D eigenvalue weighted by Gasteiger charge is -2.15. The zero-order chi connectivity index (χ0) is 21.0. The van der Waals surface area contributed by atoms with E-state index in [0.717, 1.165) is 11.8 Å². The highest BCUT2D eigenvalue weighted by molar-refractivity contribution is 8.27. The quantitative estimate of drug-likeness (QED) is 0.301. The molecule has 0 N–H and O–H groups in total. The van der Waals surface area contributed by atoms with Crippen molar-refractivity contribution < 1.29 is 18.7 Å². The first-order valence-electron chi connectivity index (χ1n) is 8.68. The minimum atomic E-state index is -0.518. The van der Waals surface area contributed by atoms with Gasteiger partial charge in [-0.2, -0.15) is 0 Å². The summed E-state index contributed by atoms with van der Waals surface area (Å²) in [5.74, 6) is -0.0521. The summed E-state index contributed by atoms with van der Waals surface area (Å²) in [5.41, 5.74) is 0.762. The normalized spacial score (nSPS) is 15.1. The first-order valence-corrected chi connectivity index (χ1v) is 10.3. The Kier molecular flexibility index (Phi) is 6.95. The SMILES string of the molecule is C=CCOc1c(Cl)cc(/C=C2\SC(=S)N(c3ccccc3F)C2=O)cc1OCC. The van der Waals surface area contributed by atoms with E-state index in [-0.39, 0.29) is 16.6 Å². The van der Waals surface area contributed by atoms with Crippen molar-refractivity contribution in [2.24, 2.45) is 0 Å². The second kappa shape index (κ2) is 9.43. The third kappa shape index (κ3) is 4.63. The van der Waals surface area contributed by atoms with Gasteiger partial charge >= 0.3 is 0 Å². The van der Waals surface area contributed by atoms with Gasteiger partial charge in [-0.3, -0.25) is 9.69 Å². The molecule has 0 unspecified atom stereocenters. The van der Waals surface area contributed by atoms with Crippen molar-refractivity contribution >= 4 is 57.6 Å². The molecule has 150 valence electrons. The predicted octanol–water partition coefficient (Wildman–Crippen LogP) is 5.85. The van der Waals surface area contributed by atoms with Crippen LogP contribution in [0.4, 0.5) is 10.1 Å². The Bertz CT molecular complexity index is 1010. The molecule has 0 aliphatic carbocycles. The van der Waals surface area contributed by atoms with Gasteiger partial charge < -0.3 is 9.47 Å². The van der Waals surface area contributed by atoms with E-state index in [2.05, 4.69) is 6.58 Å². The number of thiocarbonyl (C=S) groups is 1. The molecule has 1 aliphatic rings. The number of hydrogen-bond donors (Lipinski definition) is 0. The summed E-state index contributed by atoms with van der Waals surface area (Å²) in [7, 11) is 0. The largest absolute Gasteiger partial charge is 0.490 e. The summed E-state index contributed by atoms with van der Waals surface area (Å²) in [6.45, 7) is 6.16. The molecule has 1 saturated heterocycles. The number of nitrogens with zero attached hydrogens (tertiary/aromatic N) is 1. The van der Waals surface area contributed by atoms with Crippen LogP contribution in [0.3, 0.4) is 0 Å². The fourth-order valence-electron chi connectivity index (χ4n) is 2.68. The Morgan fingerprint density at radius 1 is 1.31 bits per heavy atom. The van der Waals surface area contributed by atoms with E-state index in [4.69, 9.17) is 33.3 Å². The second-order valence-corrected chi connectivity index (χ2v) is 7.91. The average Bonchev–Trinajstić information content (AvgIpc) is 2.95. The summed E-state index contributed by atoms with van der Waals surface area (Å²) >= 11 is 12.7. The summed E-state index contributed by atoms with van der Waals surface area (Å²) < 4.78 is 25.6. The molecule has 3 rings (SSSR count). The van der Waals surface area contributed by atoms with Gasteiger partial charge in [0.2, 0.25) is 0 Å². The summed E-state index contributed by atoms with van der Waals surface area (Å²) in [6.07, 6.45) is 3.25. The first-order chi connectivity index (χ1) is 14.0. The minimum absolute atomic E-state index is 0.125. The van der Waals surface area contributed by atoms with E-state index in [0.29, 0.717) is 33.6 Å². The lowest BCUT2D eigenvalue weighted by Crippen LogP contribution is -2.28. The fraction of sp³-hybridized carbons (Fsp3) is 0.143. The van der Waals surface area contributed by atoms with Crippen LogP contribution >= 0.6 is 35.6 Å². The molecule has 1 amide bonds. The van der Waals surface area contributed by atoms with Crippen LogP contribution in [0.1, 0.15) is 12.5 Å². The Hall–Kier alpha value is -2.35. The van der Waals surface area contributed by atoms with Crippen molar-refractivity contribution in [3.63, 3.8) is 0 Å². The van der Waals surface area contributed by atoms with Crippen molar-refractivity contribution in [3.05, 3.63) is 70.4 Å². The number of hydrogen-bond acceptors (Lipinski definition) is 5. The Labute approximate surface area is 182 Å². The van der Waals surface area contributed by atoms with Gasteiger partial charge in [0.25, 0.3) is 5.91 Å². The highest BCUT2D eigenvalue weighted by atomic mass is 35.5. The van der Waals surface area contributed by atoms with Crippen molar-refractivity contribution in [3.8, 4) is 11.5 Å². The number of ether oxygens (including phenoxy) is 2. The van der Waals surface area contributed by atoms with Crippen molar-refractivity contribution in [1.82, 2.24) is 0 Å². The molecule has 0 aromatic heterocycles. The van der Waals surface area contributed by atoms with E-state index in [1.165, 1.54) is 17.0 Å². The van der Waals surface area contributed by atoms with Crippen LogP contribution in [0, 0.1) is 5.82 Å². The Morgan fingerprint density at radius 3 is 2.76 bits per heavy atom. The molecule has 0 spiro atoms. The summed E-state index contributed by atoms with van der Waals surface area (Å²) in [6, 6.07) is 9.39. The molecule has 1 fully saturated rings. The lowest BCUT2D eigenvalue weighted by molar-refractivity contribution is -0.113. The molecular weight excluding hydrogens is 433 g/mol. The Morgan fingerprint density at radius 2 is 2.07 bits per heavy atom. The fourth-order valence-corrected chi connectivity index (χ4v) is 4.23. The van der Waals surface area contributed by atoms with Crippen LogP contribution in [0.2, 0.25) is 5.02 Å². The van der Waals surface area contributed by atoms with Crippen LogP contribution in [0.25, 0.3) is 6.08 Å². The molecule has 0 saturated carbocycles.